The SMILES string of the molecule is C=CS(=O)(=O)c1ccc([N+](=O)[O-])cc1C#N. The van der Waals surface area contributed by atoms with Crippen LogP contribution < -0.4 is 0 Å². The van der Waals surface area contributed by atoms with Crippen molar-refractivity contribution in [2.45, 2.75) is 4.90 Å². The van der Waals surface area contributed by atoms with E-state index >= 15 is 0 Å². The molecule has 0 bridgehead atoms. The van der Waals surface area contributed by atoms with Gasteiger partial charge in [-0.15, -0.1) is 0 Å². The van der Waals surface area contributed by atoms with Crippen molar-refractivity contribution in [1.82, 2.24) is 0 Å². The van der Waals surface area contributed by atoms with Gasteiger partial charge in [-0.1, -0.05) is 6.58 Å². The Bertz CT molecular complexity index is 598. The number of hydrogen-bond acceptors (Lipinski definition) is 5. The molecule has 0 spiro atoms. The summed E-state index contributed by atoms with van der Waals surface area (Å²) in [5.41, 5.74) is -0.603. The van der Waals surface area contributed by atoms with E-state index in [9.17, 15) is 18.5 Å². The van der Waals surface area contributed by atoms with Gasteiger partial charge in [0.1, 0.15) is 6.07 Å². The Kier molecular flexibility index (Phi) is 3.06. The molecule has 1 rings (SSSR count). The second kappa shape index (κ2) is 4.12. The molecule has 0 aliphatic carbocycles. The van der Waals surface area contributed by atoms with E-state index in [1.165, 1.54) is 0 Å². The Labute approximate surface area is 91.5 Å². The lowest BCUT2D eigenvalue weighted by Crippen LogP contribution is -2.00. The largest absolute Gasteiger partial charge is 0.270 e. The van der Waals surface area contributed by atoms with Crippen LogP contribution in [0.15, 0.2) is 35.1 Å². The molecule has 1 aromatic carbocycles. The smallest absolute Gasteiger partial charge is 0.258 e. The van der Waals surface area contributed by atoms with Crippen molar-refractivity contribution in [3.05, 3.63) is 45.9 Å². The van der Waals surface area contributed by atoms with Gasteiger partial charge in [-0.05, 0) is 6.07 Å². The summed E-state index contributed by atoms with van der Waals surface area (Å²) >= 11 is 0. The van der Waals surface area contributed by atoms with Crippen molar-refractivity contribution in [2.24, 2.45) is 0 Å². The highest BCUT2D eigenvalue weighted by Crippen LogP contribution is 2.22. The zero-order chi connectivity index (χ0) is 12.3. The van der Waals surface area contributed by atoms with Crippen LogP contribution in [0.25, 0.3) is 0 Å². The van der Waals surface area contributed by atoms with E-state index in [1.807, 2.05) is 0 Å². The second-order valence-corrected chi connectivity index (χ2v) is 4.62. The fourth-order valence-corrected chi connectivity index (χ4v) is 1.91. The zero-order valence-corrected chi connectivity index (χ0v) is 8.77. The Balaban J connectivity index is 3.53. The molecule has 0 aliphatic heterocycles. The maximum Gasteiger partial charge on any atom is 0.270 e. The van der Waals surface area contributed by atoms with E-state index in [4.69, 9.17) is 5.26 Å². The van der Waals surface area contributed by atoms with E-state index in [0.717, 1.165) is 18.2 Å². The van der Waals surface area contributed by atoms with Gasteiger partial charge < -0.3 is 0 Å². The van der Waals surface area contributed by atoms with Crippen LogP contribution in [-0.4, -0.2) is 13.3 Å². The molecule has 0 atom stereocenters. The van der Waals surface area contributed by atoms with Gasteiger partial charge in [-0.2, -0.15) is 5.26 Å². The van der Waals surface area contributed by atoms with Crippen molar-refractivity contribution < 1.29 is 13.3 Å². The molecule has 16 heavy (non-hydrogen) atoms. The Morgan fingerprint density at radius 3 is 2.56 bits per heavy atom. The lowest BCUT2D eigenvalue weighted by atomic mass is 10.2. The summed E-state index contributed by atoms with van der Waals surface area (Å²) in [5, 5.41) is 19.8. The molecule has 7 heteroatoms. The molecular weight excluding hydrogens is 232 g/mol. The third kappa shape index (κ3) is 2.07. The average Bonchev–Trinajstić information content (AvgIpc) is 2.28. The third-order valence-corrected chi connectivity index (χ3v) is 3.23. The maximum atomic E-state index is 11.4. The number of nitro groups is 1. The Hall–Kier alpha value is -2.20. The molecule has 82 valence electrons. The summed E-state index contributed by atoms with van der Waals surface area (Å²) in [6, 6.07) is 4.56. The predicted molar refractivity (Wildman–Crippen MR) is 55.2 cm³/mol. The number of nitriles is 1. The minimum Gasteiger partial charge on any atom is -0.258 e. The van der Waals surface area contributed by atoms with Crippen molar-refractivity contribution in [2.75, 3.05) is 0 Å². The van der Waals surface area contributed by atoms with E-state index in [-0.39, 0.29) is 16.1 Å². The second-order valence-electron chi connectivity index (χ2n) is 2.76. The van der Waals surface area contributed by atoms with Crippen LogP contribution >= 0.6 is 0 Å². The van der Waals surface area contributed by atoms with Crippen LogP contribution in [0, 0.1) is 21.4 Å². The standard InChI is InChI=1S/C9H6N2O4S/c1-2-16(14,15)9-4-3-8(11(12)13)5-7(9)6-10/h2-5H,1H2. The molecule has 0 N–H and O–H groups in total. The van der Waals surface area contributed by atoms with Crippen molar-refractivity contribution >= 4 is 15.5 Å². The van der Waals surface area contributed by atoms with Gasteiger partial charge in [0.15, 0.2) is 0 Å². The fourth-order valence-electron chi connectivity index (χ4n) is 1.06. The molecule has 0 radical (unpaired) electrons. The summed E-state index contributed by atoms with van der Waals surface area (Å²) in [7, 11) is -3.76. The number of non-ortho nitro benzene ring substituents is 1. The first-order chi connectivity index (χ1) is 7.42. The highest BCUT2D eigenvalue weighted by atomic mass is 32.2. The summed E-state index contributed by atoms with van der Waals surface area (Å²) in [6.07, 6.45) is 0. The third-order valence-electron chi connectivity index (χ3n) is 1.82. The fraction of sp³-hybridized carbons (Fsp3) is 0. The van der Waals surface area contributed by atoms with Crippen LogP contribution in [0.1, 0.15) is 5.56 Å². The Morgan fingerprint density at radius 1 is 1.50 bits per heavy atom. The molecule has 0 aromatic heterocycles. The monoisotopic (exact) mass is 238 g/mol. The van der Waals surface area contributed by atoms with Gasteiger partial charge >= 0.3 is 0 Å². The van der Waals surface area contributed by atoms with Crippen molar-refractivity contribution in [3.8, 4) is 6.07 Å². The molecule has 0 saturated carbocycles. The van der Waals surface area contributed by atoms with Crippen LogP contribution in [0.3, 0.4) is 0 Å². The molecule has 1 aromatic rings. The van der Waals surface area contributed by atoms with Gasteiger partial charge in [-0.3, -0.25) is 10.1 Å². The molecular formula is C9H6N2O4S. The molecule has 0 aliphatic rings. The molecule has 0 saturated heterocycles. The number of hydrogen-bond donors (Lipinski definition) is 0. The molecule has 0 fully saturated rings. The van der Waals surface area contributed by atoms with Crippen molar-refractivity contribution in [3.63, 3.8) is 0 Å². The molecule has 6 nitrogen and oxygen atoms in total. The Morgan fingerprint density at radius 2 is 2.12 bits per heavy atom. The van der Waals surface area contributed by atoms with E-state index < -0.39 is 14.8 Å². The first-order valence-corrected chi connectivity index (χ1v) is 5.53. The number of rotatable bonds is 3. The zero-order valence-electron chi connectivity index (χ0n) is 7.95. The lowest BCUT2D eigenvalue weighted by molar-refractivity contribution is -0.384. The number of nitro benzene ring substituents is 1. The molecule has 0 unspecified atom stereocenters. The van der Waals surface area contributed by atoms with Crippen LogP contribution in [0.2, 0.25) is 0 Å². The van der Waals surface area contributed by atoms with E-state index in [1.54, 1.807) is 6.07 Å². The van der Waals surface area contributed by atoms with Gasteiger partial charge in [-0.25, -0.2) is 8.42 Å². The maximum absolute atomic E-state index is 11.4. The summed E-state index contributed by atoms with van der Waals surface area (Å²) in [5.74, 6) is 0. The first-order valence-electron chi connectivity index (χ1n) is 3.98. The van der Waals surface area contributed by atoms with Crippen LogP contribution in [0.5, 0.6) is 0 Å². The minimum atomic E-state index is -3.76. The van der Waals surface area contributed by atoms with Gasteiger partial charge in [0, 0.05) is 17.5 Å². The highest BCUT2D eigenvalue weighted by Gasteiger charge is 2.18. The minimum absolute atomic E-state index is 0.269. The summed E-state index contributed by atoms with van der Waals surface area (Å²) in [6.45, 7) is 3.11. The van der Waals surface area contributed by atoms with Crippen molar-refractivity contribution in [1.29, 1.82) is 5.26 Å². The van der Waals surface area contributed by atoms with Gasteiger partial charge in [0.2, 0.25) is 9.84 Å². The normalized spacial score (nSPS) is 10.4. The van der Waals surface area contributed by atoms with Crippen LogP contribution in [0.4, 0.5) is 5.69 Å². The average molecular weight is 238 g/mol. The number of sulfone groups is 1. The summed E-state index contributed by atoms with van der Waals surface area (Å²) in [4.78, 5) is 9.44. The quantitative estimate of drug-likeness (QED) is 0.584. The topological polar surface area (TPSA) is 101 Å². The number of benzene rings is 1. The van der Waals surface area contributed by atoms with Gasteiger partial charge in [0.25, 0.3) is 5.69 Å². The lowest BCUT2D eigenvalue weighted by Gasteiger charge is -2.00. The highest BCUT2D eigenvalue weighted by molar-refractivity contribution is 7.94. The first kappa shape index (κ1) is 11.9. The predicted octanol–water partition coefficient (Wildman–Crippen LogP) is 1.38. The summed E-state index contributed by atoms with van der Waals surface area (Å²) < 4.78 is 22.8. The van der Waals surface area contributed by atoms with Crippen LogP contribution in [-0.2, 0) is 9.84 Å². The molecule has 0 heterocycles. The number of nitrogens with zero attached hydrogens (tertiary/aromatic N) is 2. The van der Waals surface area contributed by atoms with E-state index in [2.05, 4.69) is 6.58 Å². The van der Waals surface area contributed by atoms with E-state index in [0.29, 0.717) is 5.41 Å². The van der Waals surface area contributed by atoms with Gasteiger partial charge in [0.05, 0.1) is 15.4 Å². The molecule has 0 amide bonds.